The quantitative estimate of drug-likeness (QED) is 0.555. The predicted octanol–water partition coefficient (Wildman–Crippen LogP) is 4.54. The van der Waals surface area contributed by atoms with E-state index in [-0.39, 0.29) is 31.0 Å². The summed E-state index contributed by atoms with van der Waals surface area (Å²) in [4.78, 5) is 34.2. The normalized spacial score (nSPS) is 18.5. The summed E-state index contributed by atoms with van der Waals surface area (Å²) in [5, 5.41) is 4.11. The number of imide groups is 1. The zero-order valence-electron chi connectivity index (χ0n) is 17.9. The molecular formula is C25H25N3O3S. The van der Waals surface area contributed by atoms with Crippen LogP contribution in [0.3, 0.4) is 0 Å². The van der Waals surface area contributed by atoms with Gasteiger partial charge in [0.1, 0.15) is 6.61 Å². The Hall–Kier alpha value is -3.19. The standard InChI is InChI=1S/C25H25N3O3S/c1-17-7-8-22-21(26-17)9-11-27(22)23(19-10-12-32-16-19)14-24(29)28-20(15-31-25(28)30)13-18-5-3-2-4-6-18/h2-8,10,12,16,20,23H,9,11,13-15H2,1H3/t20-,23+/m0/s1. The zero-order valence-corrected chi connectivity index (χ0v) is 18.8. The van der Waals surface area contributed by atoms with Gasteiger partial charge in [-0.05, 0) is 53.4 Å². The second-order valence-corrected chi connectivity index (χ2v) is 9.10. The lowest BCUT2D eigenvalue weighted by atomic mass is 10.0. The fourth-order valence-corrected chi connectivity index (χ4v) is 5.37. The number of hydrogen-bond donors (Lipinski definition) is 0. The summed E-state index contributed by atoms with van der Waals surface area (Å²) in [6, 6.07) is 15.6. The van der Waals surface area contributed by atoms with Gasteiger partial charge in [-0.3, -0.25) is 9.78 Å². The van der Waals surface area contributed by atoms with E-state index in [1.54, 1.807) is 11.3 Å². The molecule has 0 radical (unpaired) electrons. The average molecular weight is 448 g/mol. The minimum Gasteiger partial charge on any atom is -0.447 e. The molecule has 5 rings (SSSR count). The molecule has 2 aliphatic rings. The summed E-state index contributed by atoms with van der Waals surface area (Å²) in [7, 11) is 0. The Labute approximate surface area is 191 Å². The maximum Gasteiger partial charge on any atom is 0.416 e. The molecule has 0 aliphatic carbocycles. The van der Waals surface area contributed by atoms with Crippen molar-refractivity contribution in [1.29, 1.82) is 0 Å². The molecule has 2 aliphatic heterocycles. The molecule has 1 saturated heterocycles. The van der Waals surface area contributed by atoms with E-state index in [0.717, 1.165) is 41.2 Å². The van der Waals surface area contributed by atoms with Gasteiger partial charge in [0.15, 0.2) is 0 Å². The highest BCUT2D eigenvalue weighted by Crippen LogP contribution is 2.37. The van der Waals surface area contributed by atoms with Crippen molar-refractivity contribution in [1.82, 2.24) is 9.88 Å². The van der Waals surface area contributed by atoms with Crippen LogP contribution in [0.2, 0.25) is 0 Å². The topological polar surface area (TPSA) is 62.7 Å². The minimum absolute atomic E-state index is 0.148. The van der Waals surface area contributed by atoms with Gasteiger partial charge in [0.2, 0.25) is 5.91 Å². The van der Waals surface area contributed by atoms with Crippen molar-refractivity contribution >= 4 is 29.0 Å². The van der Waals surface area contributed by atoms with E-state index in [9.17, 15) is 9.59 Å². The summed E-state index contributed by atoms with van der Waals surface area (Å²) in [6.07, 6.45) is 1.12. The first-order valence-corrected chi connectivity index (χ1v) is 11.8. The lowest BCUT2D eigenvalue weighted by Crippen LogP contribution is -2.42. The monoisotopic (exact) mass is 447 g/mol. The number of ether oxygens (including phenoxy) is 1. The minimum atomic E-state index is -0.542. The van der Waals surface area contributed by atoms with E-state index in [1.807, 2.05) is 48.7 Å². The molecule has 0 bridgehead atoms. The van der Waals surface area contributed by atoms with Crippen LogP contribution < -0.4 is 4.90 Å². The number of thiophene rings is 1. The molecule has 2 aromatic heterocycles. The molecule has 2 atom stereocenters. The molecule has 6 nitrogen and oxygen atoms in total. The molecule has 0 N–H and O–H groups in total. The van der Waals surface area contributed by atoms with E-state index in [1.165, 1.54) is 4.90 Å². The van der Waals surface area contributed by atoms with Gasteiger partial charge >= 0.3 is 6.09 Å². The van der Waals surface area contributed by atoms with Crippen molar-refractivity contribution in [2.45, 2.75) is 38.3 Å². The number of aromatic nitrogens is 1. The van der Waals surface area contributed by atoms with Crippen molar-refractivity contribution in [3.63, 3.8) is 0 Å². The van der Waals surface area contributed by atoms with Crippen LogP contribution in [-0.2, 0) is 22.4 Å². The van der Waals surface area contributed by atoms with Crippen LogP contribution in [-0.4, -0.2) is 41.1 Å². The maximum absolute atomic E-state index is 13.5. The molecule has 3 aromatic rings. The van der Waals surface area contributed by atoms with Gasteiger partial charge in [0.25, 0.3) is 0 Å². The van der Waals surface area contributed by atoms with Gasteiger partial charge in [0, 0.05) is 18.7 Å². The number of amides is 2. The number of pyridine rings is 1. The number of cyclic esters (lactones) is 1. The van der Waals surface area contributed by atoms with Crippen molar-refractivity contribution in [2.75, 3.05) is 18.1 Å². The predicted molar refractivity (Wildman–Crippen MR) is 124 cm³/mol. The van der Waals surface area contributed by atoms with Gasteiger partial charge in [0.05, 0.1) is 29.9 Å². The third-order valence-corrected chi connectivity index (χ3v) is 6.91. The number of nitrogens with zero attached hydrogens (tertiary/aromatic N) is 3. The van der Waals surface area contributed by atoms with E-state index >= 15 is 0 Å². The van der Waals surface area contributed by atoms with Crippen molar-refractivity contribution < 1.29 is 14.3 Å². The first-order chi connectivity index (χ1) is 15.6. The highest BCUT2D eigenvalue weighted by molar-refractivity contribution is 7.08. The van der Waals surface area contributed by atoms with Crippen LogP contribution in [0.4, 0.5) is 10.5 Å². The number of hydrogen-bond acceptors (Lipinski definition) is 6. The molecule has 4 heterocycles. The van der Waals surface area contributed by atoms with Crippen LogP contribution in [0.15, 0.2) is 59.3 Å². The van der Waals surface area contributed by atoms with Crippen LogP contribution in [0, 0.1) is 6.92 Å². The molecular weight excluding hydrogens is 422 g/mol. The number of anilines is 1. The second-order valence-electron chi connectivity index (χ2n) is 8.32. The number of carbonyl (C=O) groups is 2. The van der Waals surface area contributed by atoms with E-state index in [2.05, 4.69) is 27.4 Å². The molecule has 0 unspecified atom stereocenters. The Bertz CT molecular complexity index is 1120. The van der Waals surface area contributed by atoms with E-state index in [0.29, 0.717) is 6.42 Å². The van der Waals surface area contributed by atoms with Crippen molar-refractivity contribution in [2.24, 2.45) is 0 Å². The number of rotatable bonds is 6. The lowest BCUT2D eigenvalue weighted by Gasteiger charge is -2.31. The molecule has 1 fully saturated rings. The highest BCUT2D eigenvalue weighted by Gasteiger charge is 2.40. The Morgan fingerprint density at radius 3 is 2.84 bits per heavy atom. The summed E-state index contributed by atoms with van der Waals surface area (Å²) in [5.74, 6) is -0.196. The van der Waals surface area contributed by atoms with Crippen LogP contribution in [0.25, 0.3) is 0 Å². The smallest absolute Gasteiger partial charge is 0.416 e. The van der Waals surface area contributed by atoms with E-state index in [4.69, 9.17) is 4.74 Å². The Morgan fingerprint density at radius 1 is 1.22 bits per heavy atom. The fraction of sp³-hybridized carbons (Fsp3) is 0.320. The largest absolute Gasteiger partial charge is 0.447 e. The maximum atomic E-state index is 13.5. The molecule has 32 heavy (non-hydrogen) atoms. The second kappa shape index (κ2) is 8.74. The van der Waals surface area contributed by atoms with Crippen LogP contribution in [0.1, 0.15) is 35.0 Å². The molecule has 2 amide bonds. The summed E-state index contributed by atoms with van der Waals surface area (Å²) in [6.45, 7) is 3.03. The number of carbonyl (C=O) groups excluding carboxylic acids is 2. The van der Waals surface area contributed by atoms with Crippen LogP contribution >= 0.6 is 11.3 Å². The Balaban J connectivity index is 1.39. The van der Waals surface area contributed by atoms with Gasteiger partial charge in [-0.1, -0.05) is 30.3 Å². The summed E-state index contributed by atoms with van der Waals surface area (Å²) in [5.41, 5.74) is 5.31. The van der Waals surface area contributed by atoms with Crippen LogP contribution in [0.5, 0.6) is 0 Å². The van der Waals surface area contributed by atoms with Gasteiger partial charge in [-0.25, -0.2) is 9.69 Å². The Morgan fingerprint density at radius 2 is 2.06 bits per heavy atom. The SMILES string of the molecule is Cc1ccc2c(n1)CCN2[C@H](CC(=O)N1C(=O)OC[C@@H]1Cc1ccccc1)c1ccsc1. The molecule has 0 saturated carbocycles. The molecule has 0 spiro atoms. The first kappa shape index (κ1) is 20.7. The van der Waals surface area contributed by atoms with Gasteiger partial charge in [-0.2, -0.15) is 11.3 Å². The third kappa shape index (κ3) is 4.00. The number of benzene rings is 1. The highest BCUT2D eigenvalue weighted by atomic mass is 32.1. The van der Waals surface area contributed by atoms with Gasteiger partial charge < -0.3 is 9.64 Å². The van der Waals surface area contributed by atoms with Crippen molar-refractivity contribution in [3.8, 4) is 0 Å². The molecule has 164 valence electrons. The fourth-order valence-electron chi connectivity index (χ4n) is 4.66. The lowest BCUT2D eigenvalue weighted by molar-refractivity contribution is -0.129. The molecule has 1 aromatic carbocycles. The summed E-state index contributed by atoms with van der Waals surface area (Å²) < 4.78 is 5.28. The van der Waals surface area contributed by atoms with Crippen molar-refractivity contribution in [3.05, 3.63) is 81.8 Å². The number of fused-ring (bicyclic) bond motifs is 1. The number of aryl methyl sites for hydroxylation is 1. The Kier molecular flexibility index (Phi) is 5.66. The molecule has 7 heteroatoms. The third-order valence-electron chi connectivity index (χ3n) is 6.20. The zero-order chi connectivity index (χ0) is 22.1. The summed E-state index contributed by atoms with van der Waals surface area (Å²) >= 11 is 1.61. The average Bonchev–Trinajstić information content (AvgIpc) is 3.53. The first-order valence-electron chi connectivity index (χ1n) is 10.9. The van der Waals surface area contributed by atoms with E-state index < -0.39 is 6.09 Å². The van der Waals surface area contributed by atoms with Gasteiger partial charge in [-0.15, -0.1) is 0 Å².